The van der Waals surface area contributed by atoms with E-state index in [0.717, 1.165) is 19.4 Å². The Balaban J connectivity index is 2.10. The lowest BCUT2D eigenvalue weighted by molar-refractivity contribution is -0.148. The normalized spacial score (nSPS) is 17.8. The maximum absolute atomic E-state index is 12.2. The van der Waals surface area contributed by atoms with Gasteiger partial charge in [0.25, 0.3) is 0 Å². The predicted molar refractivity (Wildman–Crippen MR) is 73.9 cm³/mol. The molecule has 2 rings (SSSR count). The van der Waals surface area contributed by atoms with E-state index in [-0.39, 0.29) is 5.97 Å². The highest BCUT2D eigenvalue weighted by Crippen LogP contribution is 2.42. The number of nitrogens with one attached hydrogen (secondary N) is 1. The summed E-state index contributed by atoms with van der Waals surface area (Å²) in [6.07, 6.45) is 5.55. The van der Waals surface area contributed by atoms with Gasteiger partial charge in [-0.2, -0.15) is 0 Å². The number of likely N-dealkylation sites (N-methyl/N-ethyl adjacent to an activating group) is 1. The fourth-order valence-corrected chi connectivity index (χ4v) is 3.31. The van der Waals surface area contributed by atoms with Crippen molar-refractivity contribution in [2.24, 2.45) is 5.92 Å². The van der Waals surface area contributed by atoms with Crippen molar-refractivity contribution >= 4 is 17.7 Å². The largest absolute Gasteiger partial charge is 0.468 e. The molecule has 0 aromatic carbocycles. The number of carbonyl (C=O) groups excluding carboxylic acids is 1. The maximum Gasteiger partial charge on any atom is 0.327 e. The van der Waals surface area contributed by atoms with Crippen molar-refractivity contribution < 1.29 is 9.53 Å². The number of hydrogen-bond acceptors (Lipinski definition) is 6. The SMILES string of the molecule is CCNC(CSc1ncccn1)(C(=O)OC)C1CC1. The zero-order valence-electron chi connectivity index (χ0n) is 11.3. The molecule has 104 valence electrons. The van der Waals surface area contributed by atoms with Gasteiger partial charge in [0.2, 0.25) is 0 Å². The van der Waals surface area contributed by atoms with Gasteiger partial charge in [-0.3, -0.25) is 4.79 Å². The van der Waals surface area contributed by atoms with Crippen LogP contribution in [0.15, 0.2) is 23.6 Å². The lowest BCUT2D eigenvalue weighted by atomic mass is 9.95. The summed E-state index contributed by atoms with van der Waals surface area (Å²) < 4.78 is 5.00. The van der Waals surface area contributed by atoms with Crippen LogP contribution in [-0.2, 0) is 9.53 Å². The summed E-state index contributed by atoms with van der Waals surface area (Å²) in [5.41, 5.74) is -0.604. The van der Waals surface area contributed by atoms with Crippen LogP contribution in [0, 0.1) is 5.92 Å². The van der Waals surface area contributed by atoms with Gasteiger partial charge < -0.3 is 10.1 Å². The second kappa shape index (κ2) is 6.34. The van der Waals surface area contributed by atoms with Gasteiger partial charge in [-0.15, -0.1) is 0 Å². The zero-order chi connectivity index (χ0) is 13.7. The quantitative estimate of drug-likeness (QED) is 0.464. The summed E-state index contributed by atoms with van der Waals surface area (Å²) in [4.78, 5) is 20.5. The lowest BCUT2D eigenvalue weighted by Gasteiger charge is -2.31. The molecule has 0 aliphatic heterocycles. The average Bonchev–Trinajstić information content (AvgIpc) is 3.28. The molecule has 5 nitrogen and oxygen atoms in total. The number of hydrogen-bond donors (Lipinski definition) is 1. The Morgan fingerprint density at radius 3 is 2.74 bits per heavy atom. The zero-order valence-corrected chi connectivity index (χ0v) is 12.1. The number of thioether (sulfide) groups is 1. The first-order chi connectivity index (χ1) is 9.23. The molecule has 1 unspecified atom stereocenters. The van der Waals surface area contributed by atoms with Crippen LogP contribution < -0.4 is 5.32 Å². The van der Waals surface area contributed by atoms with E-state index >= 15 is 0 Å². The molecule has 0 amide bonds. The first-order valence-corrected chi connectivity index (χ1v) is 7.44. The number of aromatic nitrogens is 2. The topological polar surface area (TPSA) is 64.1 Å². The van der Waals surface area contributed by atoms with Crippen LogP contribution in [0.4, 0.5) is 0 Å². The number of esters is 1. The summed E-state index contributed by atoms with van der Waals surface area (Å²) in [6.45, 7) is 2.74. The molecule has 1 heterocycles. The molecule has 6 heteroatoms. The smallest absolute Gasteiger partial charge is 0.327 e. The molecule has 19 heavy (non-hydrogen) atoms. The van der Waals surface area contributed by atoms with Crippen LogP contribution in [0.5, 0.6) is 0 Å². The minimum atomic E-state index is -0.604. The van der Waals surface area contributed by atoms with Gasteiger partial charge in [0.15, 0.2) is 5.16 Å². The highest BCUT2D eigenvalue weighted by Gasteiger charge is 2.51. The molecule has 1 aliphatic carbocycles. The van der Waals surface area contributed by atoms with E-state index in [2.05, 4.69) is 15.3 Å². The summed E-state index contributed by atoms with van der Waals surface area (Å²) in [5, 5.41) is 4.02. The minimum absolute atomic E-state index is 0.180. The Bertz CT molecular complexity index is 425. The highest BCUT2D eigenvalue weighted by atomic mass is 32.2. The lowest BCUT2D eigenvalue weighted by Crippen LogP contribution is -2.56. The van der Waals surface area contributed by atoms with Crippen molar-refractivity contribution in [2.45, 2.75) is 30.5 Å². The van der Waals surface area contributed by atoms with Gasteiger partial charge in [-0.05, 0) is 31.4 Å². The van der Waals surface area contributed by atoms with Gasteiger partial charge in [0.05, 0.1) is 7.11 Å². The van der Waals surface area contributed by atoms with Crippen molar-refractivity contribution in [1.29, 1.82) is 0 Å². The Hall–Kier alpha value is -1.14. The Morgan fingerprint density at radius 1 is 1.53 bits per heavy atom. The van der Waals surface area contributed by atoms with E-state index in [1.165, 1.54) is 18.9 Å². The summed E-state index contributed by atoms with van der Waals surface area (Å²) >= 11 is 1.49. The average molecular weight is 281 g/mol. The molecule has 1 N–H and O–H groups in total. The molecular weight excluding hydrogens is 262 g/mol. The van der Waals surface area contributed by atoms with Crippen LogP contribution in [0.2, 0.25) is 0 Å². The standard InChI is InChI=1S/C13H19N3O2S/c1-3-16-13(10-5-6-10,11(17)18-2)9-19-12-14-7-4-8-15-12/h4,7-8,10,16H,3,5-6,9H2,1-2H3. The van der Waals surface area contributed by atoms with Gasteiger partial charge in [0.1, 0.15) is 5.54 Å². The summed E-state index contributed by atoms with van der Waals surface area (Å²) in [7, 11) is 1.44. The second-order valence-corrected chi connectivity index (χ2v) is 5.53. The minimum Gasteiger partial charge on any atom is -0.468 e. The molecule has 0 saturated heterocycles. The number of rotatable bonds is 7. The third-order valence-corrected chi connectivity index (χ3v) is 4.36. The van der Waals surface area contributed by atoms with E-state index in [9.17, 15) is 4.79 Å². The number of carbonyl (C=O) groups is 1. The van der Waals surface area contributed by atoms with Crippen molar-refractivity contribution in [2.75, 3.05) is 19.4 Å². The Morgan fingerprint density at radius 2 is 2.21 bits per heavy atom. The molecule has 1 atom stereocenters. The number of nitrogens with zero attached hydrogens (tertiary/aromatic N) is 2. The summed E-state index contributed by atoms with van der Waals surface area (Å²) in [5.74, 6) is 0.777. The van der Waals surface area contributed by atoms with E-state index in [4.69, 9.17) is 4.74 Å². The second-order valence-electron chi connectivity index (χ2n) is 4.59. The third-order valence-electron chi connectivity index (χ3n) is 3.29. The molecular formula is C13H19N3O2S. The highest BCUT2D eigenvalue weighted by molar-refractivity contribution is 7.99. The van der Waals surface area contributed by atoms with Gasteiger partial charge in [0, 0.05) is 18.1 Å². The molecule has 1 saturated carbocycles. The van der Waals surface area contributed by atoms with Crippen LogP contribution in [0.1, 0.15) is 19.8 Å². The number of methoxy groups -OCH3 is 1. The van der Waals surface area contributed by atoms with E-state index in [1.54, 1.807) is 18.5 Å². The van der Waals surface area contributed by atoms with Crippen molar-refractivity contribution in [1.82, 2.24) is 15.3 Å². The van der Waals surface area contributed by atoms with E-state index < -0.39 is 5.54 Å². The van der Waals surface area contributed by atoms with Crippen LogP contribution in [0.3, 0.4) is 0 Å². The molecule has 1 aromatic heterocycles. The van der Waals surface area contributed by atoms with Gasteiger partial charge in [-0.1, -0.05) is 18.7 Å². The molecule has 0 radical (unpaired) electrons. The molecule has 1 fully saturated rings. The molecule has 1 aliphatic rings. The number of ether oxygens (including phenoxy) is 1. The first-order valence-electron chi connectivity index (χ1n) is 6.46. The van der Waals surface area contributed by atoms with E-state index in [0.29, 0.717) is 16.8 Å². The predicted octanol–water partition coefficient (Wildman–Crippen LogP) is 1.50. The van der Waals surface area contributed by atoms with Crippen LogP contribution >= 0.6 is 11.8 Å². The molecule has 1 aromatic rings. The Labute approximate surface area is 117 Å². The molecule has 0 spiro atoms. The maximum atomic E-state index is 12.2. The van der Waals surface area contributed by atoms with Gasteiger partial charge >= 0.3 is 5.97 Å². The fourth-order valence-electron chi connectivity index (χ4n) is 2.22. The third kappa shape index (κ3) is 3.25. The Kier molecular flexibility index (Phi) is 4.76. The summed E-state index contributed by atoms with van der Waals surface area (Å²) in [6, 6.07) is 1.78. The monoisotopic (exact) mass is 281 g/mol. The molecule has 0 bridgehead atoms. The van der Waals surface area contributed by atoms with Crippen LogP contribution in [0.25, 0.3) is 0 Å². The van der Waals surface area contributed by atoms with Crippen molar-refractivity contribution in [3.05, 3.63) is 18.5 Å². The van der Waals surface area contributed by atoms with Crippen molar-refractivity contribution in [3.63, 3.8) is 0 Å². The van der Waals surface area contributed by atoms with Crippen LogP contribution in [-0.4, -0.2) is 40.9 Å². The van der Waals surface area contributed by atoms with Gasteiger partial charge in [-0.25, -0.2) is 9.97 Å². The van der Waals surface area contributed by atoms with Crippen molar-refractivity contribution in [3.8, 4) is 0 Å². The van der Waals surface area contributed by atoms with E-state index in [1.807, 2.05) is 6.92 Å². The fraction of sp³-hybridized carbons (Fsp3) is 0.615. The first kappa shape index (κ1) is 14.3.